The van der Waals surface area contributed by atoms with Crippen molar-refractivity contribution in [1.82, 2.24) is 4.90 Å². The van der Waals surface area contributed by atoms with E-state index in [1.54, 1.807) is 7.11 Å². The standard InChI is InChI=1S/C13H22N2O2/c1-11(2)17-10-13-6-4-8-15(13)12(5-7-13)9-14-16-3/h9,12H,1,4-8,10H2,2-3H3/b14-9+/t12-,13-/m0/s1. The van der Waals surface area contributed by atoms with Gasteiger partial charge in [0.25, 0.3) is 0 Å². The highest BCUT2D eigenvalue weighted by Gasteiger charge is 2.49. The molecule has 4 heteroatoms. The molecule has 0 saturated carbocycles. The Morgan fingerprint density at radius 3 is 3.12 bits per heavy atom. The Hall–Kier alpha value is -1.03. The molecule has 96 valence electrons. The summed E-state index contributed by atoms with van der Waals surface area (Å²) in [5.74, 6) is 0.806. The fourth-order valence-electron chi connectivity index (χ4n) is 3.09. The van der Waals surface area contributed by atoms with Crippen LogP contribution in [0.25, 0.3) is 0 Å². The van der Waals surface area contributed by atoms with Crippen molar-refractivity contribution in [3.05, 3.63) is 12.3 Å². The summed E-state index contributed by atoms with van der Waals surface area (Å²) in [4.78, 5) is 7.31. The van der Waals surface area contributed by atoms with Gasteiger partial charge in [0.1, 0.15) is 13.7 Å². The zero-order chi connectivity index (χ0) is 12.3. The molecule has 17 heavy (non-hydrogen) atoms. The first kappa shape index (κ1) is 12.4. The molecule has 0 aromatic heterocycles. The number of allylic oxidation sites excluding steroid dienone is 1. The van der Waals surface area contributed by atoms with Crippen molar-refractivity contribution in [2.45, 2.75) is 44.2 Å². The number of nitrogens with zero attached hydrogens (tertiary/aromatic N) is 2. The molecule has 2 fully saturated rings. The molecule has 4 nitrogen and oxygen atoms in total. The van der Waals surface area contributed by atoms with Crippen molar-refractivity contribution >= 4 is 6.21 Å². The fraction of sp³-hybridized carbons (Fsp3) is 0.769. The average Bonchev–Trinajstić information content (AvgIpc) is 2.83. The van der Waals surface area contributed by atoms with Gasteiger partial charge in [-0.05, 0) is 39.2 Å². The summed E-state index contributed by atoms with van der Waals surface area (Å²) in [6.07, 6.45) is 6.72. The molecule has 2 aliphatic heterocycles. The van der Waals surface area contributed by atoms with Crippen molar-refractivity contribution in [3.63, 3.8) is 0 Å². The number of rotatable bonds is 5. The van der Waals surface area contributed by atoms with E-state index in [1.165, 1.54) is 19.3 Å². The second-order valence-electron chi connectivity index (χ2n) is 5.06. The molecule has 0 N–H and O–H groups in total. The van der Waals surface area contributed by atoms with Crippen LogP contribution in [0, 0.1) is 0 Å². The first-order valence-corrected chi connectivity index (χ1v) is 6.30. The van der Waals surface area contributed by atoms with Gasteiger partial charge in [0.05, 0.1) is 17.5 Å². The van der Waals surface area contributed by atoms with E-state index in [0.29, 0.717) is 6.04 Å². The molecule has 0 aromatic rings. The highest BCUT2D eigenvalue weighted by molar-refractivity contribution is 5.64. The Morgan fingerprint density at radius 1 is 1.59 bits per heavy atom. The first-order valence-electron chi connectivity index (χ1n) is 6.30. The van der Waals surface area contributed by atoms with Gasteiger partial charge in [-0.15, -0.1) is 0 Å². The van der Waals surface area contributed by atoms with E-state index in [9.17, 15) is 0 Å². The number of oxime groups is 1. The maximum Gasteiger partial charge on any atom is 0.106 e. The van der Waals surface area contributed by atoms with Gasteiger partial charge >= 0.3 is 0 Å². The largest absolute Gasteiger partial charge is 0.497 e. The Morgan fingerprint density at radius 2 is 2.41 bits per heavy atom. The molecule has 0 radical (unpaired) electrons. The van der Waals surface area contributed by atoms with Crippen molar-refractivity contribution in [3.8, 4) is 0 Å². The van der Waals surface area contributed by atoms with Gasteiger partial charge in [-0.25, -0.2) is 0 Å². The van der Waals surface area contributed by atoms with E-state index in [1.807, 2.05) is 13.1 Å². The number of hydrogen-bond acceptors (Lipinski definition) is 4. The van der Waals surface area contributed by atoms with Crippen molar-refractivity contribution in [1.29, 1.82) is 0 Å². The minimum atomic E-state index is 0.212. The summed E-state index contributed by atoms with van der Waals surface area (Å²) in [5.41, 5.74) is 0.212. The average molecular weight is 238 g/mol. The summed E-state index contributed by atoms with van der Waals surface area (Å²) in [7, 11) is 1.59. The third-order valence-electron chi connectivity index (χ3n) is 3.88. The number of ether oxygens (including phenoxy) is 1. The Bertz CT molecular complexity index is 317. The van der Waals surface area contributed by atoms with Gasteiger partial charge < -0.3 is 9.57 Å². The highest BCUT2D eigenvalue weighted by atomic mass is 16.6. The third-order valence-corrected chi connectivity index (χ3v) is 3.88. The van der Waals surface area contributed by atoms with E-state index in [2.05, 4.69) is 16.6 Å². The third kappa shape index (κ3) is 2.46. The van der Waals surface area contributed by atoms with Crippen LogP contribution in [0.3, 0.4) is 0 Å². The summed E-state index contributed by atoms with van der Waals surface area (Å²) in [6, 6.07) is 0.408. The fourth-order valence-corrected chi connectivity index (χ4v) is 3.09. The van der Waals surface area contributed by atoms with Crippen molar-refractivity contribution in [2.75, 3.05) is 20.3 Å². The van der Waals surface area contributed by atoms with E-state index in [4.69, 9.17) is 9.57 Å². The lowest BCUT2D eigenvalue weighted by molar-refractivity contribution is 0.0672. The molecule has 2 heterocycles. The van der Waals surface area contributed by atoms with Gasteiger partial charge in [0.2, 0.25) is 0 Å². The first-order chi connectivity index (χ1) is 8.18. The summed E-state index contributed by atoms with van der Waals surface area (Å²) >= 11 is 0. The zero-order valence-corrected chi connectivity index (χ0v) is 10.8. The van der Waals surface area contributed by atoms with Gasteiger partial charge in [0, 0.05) is 6.04 Å². The predicted molar refractivity (Wildman–Crippen MR) is 68.0 cm³/mol. The summed E-state index contributed by atoms with van der Waals surface area (Å²) in [5, 5.41) is 3.92. The monoisotopic (exact) mass is 238 g/mol. The summed E-state index contributed by atoms with van der Waals surface area (Å²) < 4.78 is 5.67. The van der Waals surface area contributed by atoms with Crippen LogP contribution in [0.5, 0.6) is 0 Å². The molecule has 2 saturated heterocycles. The maximum absolute atomic E-state index is 5.67. The number of hydrogen-bond donors (Lipinski definition) is 0. The van der Waals surface area contributed by atoms with Crippen LogP contribution < -0.4 is 0 Å². The minimum absolute atomic E-state index is 0.212. The van der Waals surface area contributed by atoms with Crippen molar-refractivity contribution < 1.29 is 9.57 Å². The second kappa shape index (κ2) is 5.08. The van der Waals surface area contributed by atoms with Crippen LogP contribution in [0.15, 0.2) is 17.5 Å². The molecule has 2 atom stereocenters. The molecule has 2 aliphatic rings. The predicted octanol–water partition coefficient (Wildman–Crippen LogP) is 2.17. The molecule has 0 spiro atoms. The molecular formula is C13H22N2O2. The van der Waals surface area contributed by atoms with Gasteiger partial charge in [-0.1, -0.05) is 11.7 Å². The van der Waals surface area contributed by atoms with Crippen LogP contribution in [0.1, 0.15) is 32.6 Å². The number of fused-ring (bicyclic) bond motifs is 1. The van der Waals surface area contributed by atoms with Gasteiger partial charge in [-0.2, -0.15) is 0 Å². The van der Waals surface area contributed by atoms with Gasteiger partial charge in [0.15, 0.2) is 0 Å². The lowest BCUT2D eigenvalue weighted by atomic mass is 9.95. The highest BCUT2D eigenvalue weighted by Crippen LogP contribution is 2.42. The molecule has 0 amide bonds. The lowest BCUT2D eigenvalue weighted by Crippen LogP contribution is -2.46. The molecule has 0 aliphatic carbocycles. The molecule has 2 rings (SSSR count). The maximum atomic E-state index is 5.67. The topological polar surface area (TPSA) is 34.1 Å². The van der Waals surface area contributed by atoms with Gasteiger partial charge in [-0.3, -0.25) is 4.90 Å². The molecule has 0 aromatic carbocycles. The van der Waals surface area contributed by atoms with Crippen LogP contribution in [0.2, 0.25) is 0 Å². The Labute approximate surface area is 103 Å². The van der Waals surface area contributed by atoms with Crippen molar-refractivity contribution in [2.24, 2.45) is 5.16 Å². The Balaban J connectivity index is 2.02. The van der Waals surface area contributed by atoms with E-state index in [-0.39, 0.29) is 5.54 Å². The zero-order valence-electron chi connectivity index (χ0n) is 10.8. The van der Waals surface area contributed by atoms with Crippen LogP contribution in [0.4, 0.5) is 0 Å². The second-order valence-corrected chi connectivity index (χ2v) is 5.06. The van der Waals surface area contributed by atoms with Crippen LogP contribution in [-0.4, -0.2) is 43.0 Å². The smallest absolute Gasteiger partial charge is 0.106 e. The van der Waals surface area contributed by atoms with E-state index < -0.39 is 0 Å². The Kier molecular flexibility index (Phi) is 3.72. The lowest BCUT2D eigenvalue weighted by Gasteiger charge is -2.33. The minimum Gasteiger partial charge on any atom is -0.497 e. The molecular weight excluding hydrogens is 216 g/mol. The summed E-state index contributed by atoms with van der Waals surface area (Å²) in [6.45, 7) is 7.62. The molecule has 0 bridgehead atoms. The van der Waals surface area contributed by atoms with Crippen LogP contribution in [-0.2, 0) is 9.57 Å². The molecule has 0 unspecified atom stereocenters. The quantitative estimate of drug-likeness (QED) is 0.418. The van der Waals surface area contributed by atoms with Crippen LogP contribution >= 0.6 is 0 Å². The normalized spacial score (nSPS) is 32.9. The van der Waals surface area contributed by atoms with E-state index in [0.717, 1.165) is 25.3 Å². The SMILES string of the molecule is C=C(C)OC[C@@]12CCCN1[C@H](/C=N/OC)CC2. The van der Waals surface area contributed by atoms with E-state index >= 15 is 0 Å².